The van der Waals surface area contributed by atoms with Gasteiger partial charge in [-0.05, 0) is 36.2 Å². The summed E-state index contributed by atoms with van der Waals surface area (Å²) in [4.78, 5) is 27.9. The Kier molecular flexibility index (Phi) is 6.70. The fourth-order valence-corrected chi connectivity index (χ4v) is 4.13. The third-order valence-corrected chi connectivity index (χ3v) is 5.86. The first-order valence-electron chi connectivity index (χ1n) is 9.47. The van der Waals surface area contributed by atoms with Crippen LogP contribution in [0.1, 0.15) is 35.5 Å². The number of fused-ring (bicyclic) bond motifs is 1. The van der Waals surface area contributed by atoms with Crippen LogP contribution in [0.25, 0.3) is 0 Å². The Hall–Kier alpha value is -2.38. The molecule has 0 saturated carbocycles. The minimum absolute atomic E-state index is 0.120. The van der Waals surface area contributed by atoms with Gasteiger partial charge in [-0.1, -0.05) is 11.6 Å². The number of amides is 1. The quantitative estimate of drug-likeness (QED) is 0.756. The zero-order valence-electron chi connectivity index (χ0n) is 16.7. The van der Waals surface area contributed by atoms with E-state index in [0.29, 0.717) is 30.8 Å². The van der Waals surface area contributed by atoms with Gasteiger partial charge < -0.3 is 14.6 Å². The van der Waals surface area contributed by atoms with Gasteiger partial charge in [0.05, 0.1) is 7.11 Å². The number of carbonyl (C=O) groups excluding carboxylic acids is 1. The highest BCUT2D eigenvalue weighted by atomic mass is 32.1. The number of nitrogens with zero attached hydrogens (tertiary/aromatic N) is 2. The summed E-state index contributed by atoms with van der Waals surface area (Å²) in [5.74, 6) is 0.141. The molecule has 28 heavy (non-hydrogen) atoms. The smallest absolute Gasteiger partial charge is 0.257 e. The molecule has 0 unspecified atom stereocenters. The van der Waals surface area contributed by atoms with Gasteiger partial charge in [-0.3, -0.25) is 14.5 Å². The van der Waals surface area contributed by atoms with Crippen molar-refractivity contribution in [3.8, 4) is 5.75 Å². The Morgan fingerprint density at radius 3 is 2.86 bits per heavy atom. The van der Waals surface area contributed by atoms with E-state index < -0.39 is 0 Å². The van der Waals surface area contributed by atoms with E-state index in [4.69, 9.17) is 4.74 Å². The molecule has 1 aliphatic rings. The number of hydrogen-bond acceptors (Lipinski definition) is 5. The summed E-state index contributed by atoms with van der Waals surface area (Å²) < 4.78 is 7.13. The van der Waals surface area contributed by atoms with Crippen molar-refractivity contribution in [1.29, 1.82) is 0 Å². The molecule has 0 spiro atoms. The molecule has 0 atom stereocenters. The summed E-state index contributed by atoms with van der Waals surface area (Å²) in [5.41, 5.74) is 3.47. The highest BCUT2D eigenvalue weighted by Crippen LogP contribution is 2.23. The summed E-state index contributed by atoms with van der Waals surface area (Å²) in [5, 5.41) is 6.96. The first kappa shape index (κ1) is 20.4. The molecule has 0 aliphatic carbocycles. The number of pyridine rings is 1. The molecule has 0 bridgehead atoms. The van der Waals surface area contributed by atoms with E-state index in [1.807, 2.05) is 23.8 Å². The van der Waals surface area contributed by atoms with E-state index >= 15 is 0 Å². The maximum absolute atomic E-state index is 13.0. The maximum Gasteiger partial charge on any atom is 0.257 e. The first-order valence-corrected chi connectivity index (χ1v) is 10.4. The Bertz CT molecular complexity index is 916. The lowest BCUT2D eigenvalue weighted by molar-refractivity contribution is 0.0945. The molecule has 1 N–H and O–H groups in total. The second-order valence-corrected chi connectivity index (χ2v) is 7.78. The predicted octanol–water partition coefficient (Wildman–Crippen LogP) is 2.67. The van der Waals surface area contributed by atoms with Crippen molar-refractivity contribution < 1.29 is 9.53 Å². The van der Waals surface area contributed by atoms with Crippen molar-refractivity contribution in [2.75, 3.05) is 26.7 Å². The number of allylic oxidation sites excluding steroid dienone is 1. The van der Waals surface area contributed by atoms with Crippen LogP contribution in [0.4, 0.5) is 0 Å². The van der Waals surface area contributed by atoms with E-state index in [1.54, 1.807) is 15.9 Å². The number of carbonyl (C=O) groups is 1. The zero-order chi connectivity index (χ0) is 20.1. The topological polar surface area (TPSA) is 63.6 Å². The summed E-state index contributed by atoms with van der Waals surface area (Å²) in [6, 6.07) is 3.41. The fraction of sp³-hybridized carbons (Fsp3) is 0.429. The first-order chi connectivity index (χ1) is 13.5. The highest BCUT2D eigenvalue weighted by Gasteiger charge is 2.25. The van der Waals surface area contributed by atoms with Gasteiger partial charge in [0.15, 0.2) is 0 Å². The third kappa shape index (κ3) is 4.54. The normalized spacial score (nSPS) is 15.0. The summed E-state index contributed by atoms with van der Waals surface area (Å²) >= 11 is 1.60. The van der Waals surface area contributed by atoms with Crippen molar-refractivity contribution in [2.45, 2.75) is 33.4 Å². The molecule has 0 fully saturated rings. The van der Waals surface area contributed by atoms with Gasteiger partial charge in [-0.15, -0.1) is 0 Å². The Morgan fingerprint density at radius 2 is 2.18 bits per heavy atom. The number of rotatable bonds is 6. The predicted molar refractivity (Wildman–Crippen MR) is 112 cm³/mol. The van der Waals surface area contributed by atoms with E-state index in [0.717, 1.165) is 30.9 Å². The minimum Gasteiger partial charge on any atom is -0.496 e. The number of thiophene rings is 1. The monoisotopic (exact) mass is 401 g/mol. The van der Waals surface area contributed by atoms with Gasteiger partial charge in [0, 0.05) is 50.9 Å². The summed E-state index contributed by atoms with van der Waals surface area (Å²) in [7, 11) is 1.50. The van der Waals surface area contributed by atoms with Gasteiger partial charge in [0.2, 0.25) is 0 Å². The van der Waals surface area contributed by atoms with Crippen molar-refractivity contribution >= 4 is 17.2 Å². The summed E-state index contributed by atoms with van der Waals surface area (Å²) in [6.45, 7) is 7.61. The van der Waals surface area contributed by atoms with E-state index in [9.17, 15) is 9.59 Å². The number of aromatic nitrogens is 1. The highest BCUT2D eigenvalue weighted by molar-refractivity contribution is 7.07. The van der Waals surface area contributed by atoms with Crippen LogP contribution in [-0.4, -0.2) is 42.1 Å². The number of methoxy groups -OCH3 is 1. The van der Waals surface area contributed by atoms with Crippen molar-refractivity contribution in [2.24, 2.45) is 0 Å². The van der Waals surface area contributed by atoms with Gasteiger partial charge in [0.1, 0.15) is 11.3 Å². The summed E-state index contributed by atoms with van der Waals surface area (Å²) in [6.07, 6.45) is 2.74. The average molecular weight is 402 g/mol. The maximum atomic E-state index is 13.0. The van der Waals surface area contributed by atoms with Crippen LogP contribution < -0.4 is 15.6 Å². The van der Waals surface area contributed by atoms with Gasteiger partial charge in [0.25, 0.3) is 11.5 Å². The van der Waals surface area contributed by atoms with E-state index in [1.165, 1.54) is 18.7 Å². The molecule has 6 nitrogen and oxygen atoms in total. The van der Waals surface area contributed by atoms with Crippen LogP contribution in [-0.2, 0) is 19.5 Å². The Balaban J connectivity index is 1.89. The van der Waals surface area contributed by atoms with Crippen LogP contribution >= 0.6 is 11.3 Å². The molecule has 1 aliphatic heterocycles. The SMILES string of the molecule is CC=C(C)CN1CCc2c(C(=O)NCc3ccsc3)c(OC)cc(=O)n2CC1. The molecule has 2 aromatic heterocycles. The number of nitrogens with one attached hydrogen (secondary N) is 1. The molecule has 2 aromatic rings. The molecule has 3 heterocycles. The average Bonchev–Trinajstić information content (AvgIpc) is 3.13. The largest absolute Gasteiger partial charge is 0.496 e. The number of ether oxygens (including phenoxy) is 1. The molecular weight excluding hydrogens is 374 g/mol. The standard InChI is InChI=1S/C21H27N3O3S/c1-4-15(2)13-23-7-5-17-20(21(26)22-12-16-6-10-28-14-16)18(27-3)11-19(25)24(17)9-8-23/h4,6,10-11,14H,5,7-9,12-13H2,1-3H3,(H,22,26). The molecule has 3 rings (SSSR count). The number of hydrogen-bond donors (Lipinski definition) is 1. The molecule has 1 amide bonds. The lowest BCUT2D eigenvalue weighted by Crippen LogP contribution is -2.31. The molecule has 150 valence electrons. The lowest BCUT2D eigenvalue weighted by atomic mass is 10.1. The Morgan fingerprint density at radius 1 is 1.36 bits per heavy atom. The van der Waals surface area contributed by atoms with Crippen LogP contribution in [0.15, 0.2) is 39.3 Å². The van der Waals surface area contributed by atoms with Crippen LogP contribution in [0.5, 0.6) is 5.75 Å². The second kappa shape index (κ2) is 9.21. The van der Waals surface area contributed by atoms with Crippen LogP contribution in [0.3, 0.4) is 0 Å². The fourth-order valence-electron chi connectivity index (χ4n) is 3.46. The molecule has 0 aromatic carbocycles. The van der Waals surface area contributed by atoms with Gasteiger partial charge in [-0.25, -0.2) is 0 Å². The van der Waals surface area contributed by atoms with Crippen molar-refractivity contribution in [3.63, 3.8) is 0 Å². The van der Waals surface area contributed by atoms with E-state index in [-0.39, 0.29) is 11.5 Å². The van der Waals surface area contributed by atoms with Gasteiger partial charge in [-0.2, -0.15) is 11.3 Å². The zero-order valence-corrected chi connectivity index (χ0v) is 17.5. The van der Waals surface area contributed by atoms with Crippen molar-refractivity contribution in [3.05, 3.63) is 61.7 Å². The lowest BCUT2D eigenvalue weighted by Gasteiger charge is -2.19. The second-order valence-electron chi connectivity index (χ2n) is 7.00. The Labute approximate surface area is 169 Å². The van der Waals surface area contributed by atoms with Crippen molar-refractivity contribution in [1.82, 2.24) is 14.8 Å². The minimum atomic E-state index is -0.204. The molecule has 7 heteroatoms. The van der Waals surface area contributed by atoms with E-state index in [2.05, 4.69) is 23.2 Å². The van der Waals surface area contributed by atoms with Crippen LogP contribution in [0.2, 0.25) is 0 Å². The third-order valence-electron chi connectivity index (χ3n) is 5.13. The van der Waals surface area contributed by atoms with Gasteiger partial charge >= 0.3 is 0 Å². The molecule has 0 radical (unpaired) electrons. The van der Waals surface area contributed by atoms with Crippen LogP contribution in [0, 0.1) is 0 Å². The molecule has 0 saturated heterocycles. The molecular formula is C21H27N3O3S.